The topological polar surface area (TPSA) is 87.1 Å². The van der Waals surface area contributed by atoms with E-state index >= 15 is 0 Å². The van der Waals surface area contributed by atoms with Gasteiger partial charge in [-0.2, -0.15) is 13.1 Å². The molecule has 1 atom stereocenters. The average Bonchev–Trinajstić information content (AvgIpc) is 2.89. The summed E-state index contributed by atoms with van der Waals surface area (Å²) in [6.45, 7) is 1.04. The monoisotopic (exact) mass is 514 g/mol. The fraction of sp³-hybridized carbons (Fsp3) is 0.435. The van der Waals surface area contributed by atoms with Gasteiger partial charge in [0.1, 0.15) is 10.6 Å². The molecule has 186 valence electrons. The first-order chi connectivity index (χ1) is 16.0. The fourth-order valence-electron chi connectivity index (χ4n) is 3.79. The number of hydrogen-bond acceptors (Lipinski definition) is 6. The van der Waals surface area contributed by atoms with Crippen molar-refractivity contribution in [3.05, 3.63) is 42.5 Å². The van der Waals surface area contributed by atoms with Crippen LogP contribution < -0.4 is 9.64 Å². The van der Waals surface area contributed by atoms with Gasteiger partial charge in [0.15, 0.2) is 6.61 Å². The van der Waals surface area contributed by atoms with E-state index in [0.717, 1.165) is 18.5 Å². The molecule has 0 radical (unpaired) electrons. The number of hydrogen-bond donors (Lipinski definition) is 1. The zero-order valence-electron chi connectivity index (χ0n) is 19.2. The van der Waals surface area contributed by atoms with E-state index in [9.17, 15) is 22.0 Å². The normalized spacial score (nSPS) is 18.3. The highest BCUT2D eigenvalue weighted by atomic mass is 32.2. The molecule has 1 heterocycles. The van der Waals surface area contributed by atoms with Crippen molar-refractivity contribution in [1.29, 1.82) is 0 Å². The number of para-hydroxylation sites is 1. The second-order valence-electron chi connectivity index (χ2n) is 8.03. The van der Waals surface area contributed by atoms with Gasteiger partial charge in [-0.25, -0.2) is 13.2 Å². The molecule has 0 aliphatic carbocycles. The van der Waals surface area contributed by atoms with Crippen LogP contribution in [-0.2, 0) is 14.8 Å². The number of carboxylic acid groups (broad SMARTS) is 1. The number of alkyl halides is 2. The van der Waals surface area contributed by atoms with Crippen molar-refractivity contribution in [2.75, 3.05) is 31.4 Å². The lowest BCUT2D eigenvalue weighted by molar-refractivity contribution is -0.168. The Balaban J connectivity index is 2.17. The molecule has 11 heteroatoms. The first kappa shape index (κ1) is 26.2. The molecular weight excluding hydrogens is 486 g/mol. The van der Waals surface area contributed by atoms with Crippen molar-refractivity contribution in [2.24, 2.45) is 0 Å². The first-order valence-electron chi connectivity index (χ1n) is 10.8. The number of thioether (sulfide) groups is 1. The van der Waals surface area contributed by atoms with Gasteiger partial charge in [0.25, 0.3) is 0 Å². The summed E-state index contributed by atoms with van der Waals surface area (Å²) in [6.07, 6.45) is 4.12. The van der Waals surface area contributed by atoms with E-state index in [4.69, 9.17) is 9.84 Å². The van der Waals surface area contributed by atoms with Crippen LogP contribution in [0.5, 0.6) is 5.75 Å². The molecule has 0 aromatic heterocycles. The maximum atomic E-state index is 13.7. The molecule has 0 amide bonds. The Bertz CT molecular complexity index is 1130. The van der Waals surface area contributed by atoms with E-state index in [0.29, 0.717) is 23.5 Å². The Hall–Kier alpha value is -2.37. The molecule has 7 nitrogen and oxygen atoms in total. The Labute approximate surface area is 202 Å². The number of sulfonamides is 1. The molecule has 0 spiro atoms. The van der Waals surface area contributed by atoms with Crippen LogP contribution in [0.3, 0.4) is 0 Å². The Morgan fingerprint density at radius 2 is 1.94 bits per heavy atom. The molecule has 0 saturated carbocycles. The van der Waals surface area contributed by atoms with E-state index < -0.39 is 28.5 Å². The number of likely N-dealkylation sites (N-methyl/N-ethyl adjacent to an activating group) is 1. The number of carboxylic acids is 1. The highest BCUT2D eigenvalue weighted by Crippen LogP contribution is 2.43. The Morgan fingerprint density at radius 1 is 1.26 bits per heavy atom. The summed E-state index contributed by atoms with van der Waals surface area (Å²) in [7, 11) is -2.47. The largest absolute Gasteiger partial charge is 0.485 e. The first-order valence-corrected chi connectivity index (χ1v) is 13.5. The molecule has 1 N–H and O–H groups in total. The number of benzene rings is 2. The molecule has 2 aromatic carbocycles. The summed E-state index contributed by atoms with van der Waals surface area (Å²) in [5.74, 6) is -6.53. The molecule has 0 unspecified atom stereocenters. The van der Waals surface area contributed by atoms with Crippen LogP contribution in [0.15, 0.2) is 52.3 Å². The van der Waals surface area contributed by atoms with E-state index in [1.807, 2.05) is 42.2 Å². The zero-order valence-corrected chi connectivity index (χ0v) is 20.8. The highest BCUT2D eigenvalue weighted by molar-refractivity contribution is 7.98. The molecule has 0 saturated heterocycles. The standard InChI is InChI=1S/C23H28F2N2O5S2/c1-4-5-9-17-14-27(16-10-7-6-8-11-16)18-12-20(33-3)19(32-15-23(24,25)22(28)29)13-21(18)34(30,31)26(17)2/h6-8,10-13,17H,4-5,9,14-15H2,1-3H3,(H,28,29)/t17-/m1/s1. The van der Waals surface area contributed by atoms with Gasteiger partial charge in [-0.05, 0) is 30.9 Å². The highest BCUT2D eigenvalue weighted by Gasteiger charge is 2.41. The van der Waals surface area contributed by atoms with Gasteiger partial charge in [-0.3, -0.25) is 0 Å². The molecule has 2 aromatic rings. The summed E-state index contributed by atoms with van der Waals surface area (Å²) in [5, 5.41) is 8.71. The third-order valence-electron chi connectivity index (χ3n) is 5.78. The zero-order chi connectivity index (χ0) is 25.1. The van der Waals surface area contributed by atoms with Crippen molar-refractivity contribution in [2.45, 2.75) is 47.9 Å². The summed E-state index contributed by atoms with van der Waals surface area (Å²) < 4.78 is 61.1. The lowest BCUT2D eigenvalue weighted by Gasteiger charge is -2.29. The maximum absolute atomic E-state index is 13.7. The number of halogens is 2. The van der Waals surface area contributed by atoms with Gasteiger partial charge in [-0.1, -0.05) is 38.0 Å². The molecular formula is C23H28F2N2O5S2. The van der Waals surface area contributed by atoms with Gasteiger partial charge in [0.2, 0.25) is 10.0 Å². The van der Waals surface area contributed by atoms with E-state index in [1.165, 1.54) is 29.2 Å². The lowest BCUT2D eigenvalue weighted by atomic mass is 10.1. The van der Waals surface area contributed by atoms with E-state index in [-0.39, 0.29) is 16.7 Å². The Kier molecular flexibility index (Phi) is 8.10. The fourth-order valence-corrected chi connectivity index (χ4v) is 5.90. The number of anilines is 2. The molecule has 0 bridgehead atoms. The average molecular weight is 515 g/mol. The minimum Gasteiger partial charge on any atom is -0.485 e. The van der Waals surface area contributed by atoms with Crippen LogP contribution in [0.4, 0.5) is 20.2 Å². The molecule has 0 fully saturated rings. The Morgan fingerprint density at radius 3 is 2.53 bits per heavy atom. The quantitative estimate of drug-likeness (QED) is 0.479. The number of fused-ring (bicyclic) bond motifs is 1. The van der Waals surface area contributed by atoms with Gasteiger partial charge < -0.3 is 14.7 Å². The number of nitrogens with zero attached hydrogens (tertiary/aromatic N) is 2. The van der Waals surface area contributed by atoms with Crippen LogP contribution in [0.1, 0.15) is 26.2 Å². The van der Waals surface area contributed by atoms with Crippen LogP contribution in [0, 0.1) is 0 Å². The molecule has 3 rings (SSSR count). The third kappa shape index (κ3) is 5.31. The minimum absolute atomic E-state index is 0.0794. The minimum atomic E-state index is -4.11. The second kappa shape index (κ2) is 10.5. The predicted octanol–water partition coefficient (Wildman–Crippen LogP) is 4.84. The van der Waals surface area contributed by atoms with Crippen molar-refractivity contribution in [3.8, 4) is 5.75 Å². The second-order valence-corrected chi connectivity index (χ2v) is 10.8. The van der Waals surface area contributed by atoms with Gasteiger partial charge in [0, 0.05) is 31.4 Å². The number of aliphatic carboxylic acids is 1. The summed E-state index contributed by atoms with van der Waals surface area (Å²) in [5.41, 5.74) is 1.22. The third-order valence-corrected chi connectivity index (χ3v) is 8.48. The number of carbonyl (C=O) groups is 1. The maximum Gasteiger partial charge on any atom is 0.378 e. The SMILES string of the molecule is CCCC[C@@H]1CN(c2ccccc2)c2cc(SC)c(OCC(F)(F)C(=O)O)cc2S(=O)(=O)N1C. The summed E-state index contributed by atoms with van der Waals surface area (Å²) in [4.78, 5) is 13.1. The predicted molar refractivity (Wildman–Crippen MR) is 128 cm³/mol. The van der Waals surface area contributed by atoms with Crippen LogP contribution >= 0.6 is 11.8 Å². The van der Waals surface area contributed by atoms with E-state index in [1.54, 1.807) is 12.3 Å². The van der Waals surface area contributed by atoms with Crippen LogP contribution in [-0.4, -0.2) is 62.2 Å². The molecule has 34 heavy (non-hydrogen) atoms. The summed E-state index contributed by atoms with van der Waals surface area (Å²) >= 11 is 1.19. The van der Waals surface area contributed by atoms with Gasteiger partial charge in [-0.15, -0.1) is 11.8 Å². The van der Waals surface area contributed by atoms with Crippen molar-refractivity contribution < 1.29 is 31.8 Å². The van der Waals surface area contributed by atoms with Gasteiger partial charge in [0.05, 0.1) is 10.6 Å². The number of ether oxygens (including phenoxy) is 1. The van der Waals surface area contributed by atoms with Gasteiger partial charge >= 0.3 is 11.9 Å². The van der Waals surface area contributed by atoms with Crippen molar-refractivity contribution >= 4 is 39.1 Å². The van der Waals surface area contributed by atoms with E-state index in [2.05, 4.69) is 0 Å². The summed E-state index contributed by atoms with van der Waals surface area (Å²) in [6, 6.07) is 11.9. The number of rotatable bonds is 9. The van der Waals surface area contributed by atoms with Crippen LogP contribution in [0.2, 0.25) is 0 Å². The lowest BCUT2D eigenvalue weighted by Crippen LogP contribution is -2.40. The smallest absolute Gasteiger partial charge is 0.378 e. The van der Waals surface area contributed by atoms with Crippen molar-refractivity contribution in [1.82, 2.24) is 4.31 Å². The van der Waals surface area contributed by atoms with Crippen molar-refractivity contribution in [3.63, 3.8) is 0 Å². The molecule has 1 aliphatic heterocycles. The van der Waals surface area contributed by atoms with Crippen LogP contribution in [0.25, 0.3) is 0 Å². The molecule has 1 aliphatic rings. The number of unbranched alkanes of at least 4 members (excludes halogenated alkanes) is 1.